The second-order valence-electron chi connectivity index (χ2n) is 0.778. The van der Waals surface area contributed by atoms with Crippen LogP contribution in [-0.2, 0) is 0 Å². The topological polar surface area (TPSA) is 33.1 Å². The molecule has 0 aliphatic carbocycles. The van der Waals surface area contributed by atoms with Crippen LogP contribution in [0.15, 0.2) is 5.51 Å². The van der Waals surface area contributed by atoms with Crippen molar-refractivity contribution in [2.75, 3.05) is 0 Å². The van der Waals surface area contributed by atoms with Crippen molar-refractivity contribution in [3.05, 3.63) is 10.9 Å². The maximum Gasteiger partial charge on any atom is 0.231 e. The number of aromatic nitrogens is 1. The molecule has 0 aliphatic rings. The van der Waals surface area contributed by atoms with E-state index < -0.39 is 0 Å². The Balaban J connectivity index is 3.05. The summed E-state index contributed by atoms with van der Waals surface area (Å²) in [6.07, 6.45) is 0. The van der Waals surface area contributed by atoms with Gasteiger partial charge in [-0.25, -0.2) is 4.98 Å². The lowest BCUT2D eigenvalue weighted by Crippen LogP contribution is -1.52. The third-order valence-electron chi connectivity index (χ3n) is 0.378. The zero-order chi connectivity index (χ0) is 4.41. The molecule has 0 spiro atoms. The molecule has 0 aromatic carbocycles. The highest BCUT2D eigenvalue weighted by atomic mass is 32.1. The number of hydrogen-bond donors (Lipinski definition) is 1. The van der Waals surface area contributed by atoms with Crippen molar-refractivity contribution in [2.24, 2.45) is 0 Å². The van der Waals surface area contributed by atoms with Crippen molar-refractivity contribution < 1.29 is 5.11 Å². The largest absolute Gasteiger partial charge is 0.492 e. The van der Waals surface area contributed by atoms with Gasteiger partial charge in [0.1, 0.15) is 5.38 Å². The Bertz CT molecular complexity index is 114. The molecule has 0 saturated carbocycles. The molecule has 1 N–H and O–H groups in total. The quantitative estimate of drug-likeness (QED) is 0.519. The first-order chi connectivity index (χ1) is 2.89. The molecule has 0 bridgehead atoms. The molecule has 3 heteroatoms. The van der Waals surface area contributed by atoms with Crippen LogP contribution in [0.5, 0.6) is 5.88 Å². The summed E-state index contributed by atoms with van der Waals surface area (Å²) in [4.78, 5) is 3.44. The lowest BCUT2D eigenvalue weighted by Gasteiger charge is -1.65. The van der Waals surface area contributed by atoms with Gasteiger partial charge in [-0.3, -0.25) is 0 Å². The van der Waals surface area contributed by atoms with Crippen LogP contribution in [0.25, 0.3) is 0 Å². The molecule has 31 valence electrons. The first kappa shape index (κ1) is 3.61. The van der Waals surface area contributed by atoms with Crippen molar-refractivity contribution in [1.82, 2.24) is 4.98 Å². The second kappa shape index (κ2) is 1.26. The third kappa shape index (κ3) is 0.490. The maximum absolute atomic E-state index is 8.32. The molecule has 0 saturated heterocycles. The SMILES string of the molecule is Oc1[c]scn1. The normalized spacial score (nSPS) is 8.67. The smallest absolute Gasteiger partial charge is 0.231 e. The van der Waals surface area contributed by atoms with E-state index in [0.717, 1.165) is 0 Å². The van der Waals surface area contributed by atoms with Crippen LogP contribution in [0, 0.1) is 5.38 Å². The number of nitrogens with zero attached hydrogens (tertiary/aromatic N) is 1. The molecule has 1 radical (unpaired) electrons. The first-order valence-corrected chi connectivity index (χ1v) is 2.27. The van der Waals surface area contributed by atoms with Crippen molar-refractivity contribution >= 4 is 11.3 Å². The van der Waals surface area contributed by atoms with Crippen LogP contribution in [0.4, 0.5) is 0 Å². The van der Waals surface area contributed by atoms with E-state index in [2.05, 4.69) is 10.4 Å². The highest BCUT2D eigenvalue weighted by Gasteiger charge is 1.81. The fraction of sp³-hybridized carbons (Fsp3) is 0. The van der Waals surface area contributed by atoms with Gasteiger partial charge in [0.05, 0.1) is 5.51 Å². The highest BCUT2D eigenvalue weighted by molar-refractivity contribution is 7.07. The van der Waals surface area contributed by atoms with Gasteiger partial charge in [-0.05, 0) is 0 Å². The summed E-state index contributed by atoms with van der Waals surface area (Å²) in [5.74, 6) is -0.0139. The van der Waals surface area contributed by atoms with Crippen molar-refractivity contribution in [1.29, 1.82) is 0 Å². The Morgan fingerprint density at radius 2 is 2.83 bits per heavy atom. The van der Waals surface area contributed by atoms with E-state index in [1.807, 2.05) is 0 Å². The molecule has 0 amide bonds. The van der Waals surface area contributed by atoms with Gasteiger partial charge in [0.2, 0.25) is 5.88 Å². The molecule has 6 heavy (non-hydrogen) atoms. The molecule has 0 aliphatic heterocycles. The van der Waals surface area contributed by atoms with Crippen molar-refractivity contribution in [3.63, 3.8) is 0 Å². The number of thiazole rings is 1. The predicted molar refractivity (Wildman–Crippen MR) is 22.6 cm³/mol. The van der Waals surface area contributed by atoms with Crippen LogP contribution < -0.4 is 0 Å². The van der Waals surface area contributed by atoms with Gasteiger partial charge in [0.25, 0.3) is 0 Å². The predicted octanol–water partition coefficient (Wildman–Crippen LogP) is 0.649. The van der Waals surface area contributed by atoms with Gasteiger partial charge in [-0.1, -0.05) is 0 Å². The Labute approximate surface area is 39.1 Å². The van der Waals surface area contributed by atoms with Crippen LogP contribution in [0.3, 0.4) is 0 Å². The third-order valence-corrected chi connectivity index (χ3v) is 0.889. The minimum Gasteiger partial charge on any atom is -0.492 e. The van der Waals surface area contributed by atoms with Gasteiger partial charge in [0.15, 0.2) is 0 Å². The summed E-state index contributed by atoms with van der Waals surface area (Å²) in [6, 6.07) is 0. The van der Waals surface area contributed by atoms with E-state index in [1.54, 1.807) is 0 Å². The number of aromatic hydroxyl groups is 1. The molecule has 1 rings (SSSR count). The zero-order valence-electron chi connectivity index (χ0n) is 2.88. The first-order valence-electron chi connectivity index (χ1n) is 1.40. The lowest BCUT2D eigenvalue weighted by atomic mass is 10.9. The Morgan fingerprint density at radius 3 is 3.00 bits per heavy atom. The lowest BCUT2D eigenvalue weighted by molar-refractivity contribution is 0.456. The zero-order valence-corrected chi connectivity index (χ0v) is 3.70. The Kier molecular flexibility index (Phi) is 0.759. The van der Waals surface area contributed by atoms with E-state index in [9.17, 15) is 0 Å². The molecule has 1 heterocycles. The monoisotopic (exact) mass is 100.0 g/mol. The van der Waals surface area contributed by atoms with Gasteiger partial charge in [0, 0.05) is 0 Å². The van der Waals surface area contributed by atoms with Crippen LogP contribution >= 0.6 is 11.3 Å². The average Bonchev–Trinajstić information content (AvgIpc) is 1.86. The number of rotatable bonds is 0. The van der Waals surface area contributed by atoms with Crippen molar-refractivity contribution in [3.8, 4) is 5.88 Å². The molecule has 1 aromatic rings. The van der Waals surface area contributed by atoms with E-state index in [1.165, 1.54) is 16.8 Å². The van der Waals surface area contributed by atoms with E-state index in [4.69, 9.17) is 5.11 Å². The summed E-state index contributed by atoms with van der Waals surface area (Å²) < 4.78 is 0. The van der Waals surface area contributed by atoms with Gasteiger partial charge in [-0.15, -0.1) is 11.3 Å². The van der Waals surface area contributed by atoms with E-state index in [0.29, 0.717) is 0 Å². The molecular weight excluding hydrogens is 98.1 g/mol. The average molecular weight is 100 g/mol. The van der Waals surface area contributed by atoms with Crippen LogP contribution in [0.1, 0.15) is 0 Å². The number of hydrogen-bond acceptors (Lipinski definition) is 3. The fourth-order valence-electron chi connectivity index (χ4n) is 0.182. The fourth-order valence-corrected chi connectivity index (χ4v) is 0.545. The van der Waals surface area contributed by atoms with Gasteiger partial charge in [-0.2, -0.15) is 0 Å². The Morgan fingerprint density at radius 1 is 2.00 bits per heavy atom. The second-order valence-corrected chi connectivity index (χ2v) is 1.43. The standard InChI is InChI=1S/C3H2NOS/c5-3-1-6-2-4-3/h2,5H. The molecule has 0 unspecified atom stereocenters. The van der Waals surface area contributed by atoms with E-state index >= 15 is 0 Å². The maximum atomic E-state index is 8.32. The Hall–Kier alpha value is -0.570. The molecular formula is C3H2NOS. The van der Waals surface area contributed by atoms with Crippen LogP contribution in [0.2, 0.25) is 0 Å². The minimum absolute atomic E-state index is 0.0139. The summed E-state index contributed by atoms with van der Waals surface area (Å²) in [5.41, 5.74) is 1.52. The summed E-state index contributed by atoms with van der Waals surface area (Å²) in [6.45, 7) is 0. The van der Waals surface area contributed by atoms with Gasteiger partial charge < -0.3 is 5.11 Å². The molecule has 2 nitrogen and oxygen atoms in total. The van der Waals surface area contributed by atoms with Crippen molar-refractivity contribution in [2.45, 2.75) is 0 Å². The van der Waals surface area contributed by atoms with Crippen LogP contribution in [-0.4, -0.2) is 10.1 Å². The highest BCUT2D eigenvalue weighted by Crippen LogP contribution is 2.03. The van der Waals surface area contributed by atoms with Gasteiger partial charge >= 0.3 is 0 Å². The molecule has 0 atom stereocenters. The molecule has 1 aromatic heterocycles. The van der Waals surface area contributed by atoms with E-state index in [-0.39, 0.29) is 5.88 Å². The summed E-state index contributed by atoms with van der Waals surface area (Å²) in [7, 11) is 0. The summed E-state index contributed by atoms with van der Waals surface area (Å²) in [5, 5.41) is 10.8. The summed E-state index contributed by atoms with van der Waals surface area (Å²) >= 11 is 1.25. The minimum atomic E-state index is -0.0139. The molecule has 0 fully saturated rings.